The van der Waals surface area contributed by atoms with Crippen molar-refractivity contribution in [3.8, 4) is 0 Å². The predicted octanol–water partition coefficient (Wildman–Crippen LogP) is 3.63. The van der Waals surface area contributed by atoms with Gasteiger partial charge in [0.25, 0.3) is 0 Å². The number of benzene rings is 1. The van der Waals surface area contributed by atoms with Crippen molar-refractivity contribution in [2.45, 2.75) is 34.6 Å². The first kappa shape index (κ1) is 22.0. The Hall–Kier alpha value is -1.06. The molecule has 0 unspecified atom stereocenters. The average Bonchev–Trinajstić information content (AvgIpc) is 2.60. The summed E-state index contributed by atoms with van der Waals surface area (Å²) >= 11 is -0.596. The normalized spacial score (nSPS) is 11.3. The van der Waals surface area contributed by atoms with Gasteiger partial charge in [-0.25, -0.2) is 0 Å². The van der Waals surface area contributed by atoms with Crippen LogP contribution in [0.4, 0.5) is 9.59 Å². The van der Waals surface area contributed by atoms with E-state index >= 15 is 0 Å². The molecule has 2 amide bonds. The monoisotopic (exact) mass is 476 g/mol. The van der Waals surface area contributed by atoms with E-state index < -0.39 is 0 Å². The first-order chi connectivity index (χ1) is 12.0. The van der Waals surface area contributed by atoms with Gasteiger partial charge in [0, 0.05) is 0 Å². The van der Waals surface area contributed by atoms with Crippen LogP contribution in [-0.2, 0) is 0 Å². The third-order valence-electron chi connectivity index (χ3n) is 3.81. The minimum atomic E-state index is -0.314. The fourth-order valence-corrected chi connectivity index (χ4v) is 6.70. The first-order valence-electron chi connectivity index (χ1n) is 8.66. The van der Waals surface area contributed by atoms with Crippen molar-refractivity contribution in [3.05, 3.63) is 40.4 Å². The summed E-state index contributed by atoms with van der Waals surface area (Å²) in [5.41, 5.74) is 2.23. The Morgan fingerprint density at radius 3 is 2.04 bits per heavy atom. The third kappa shape index (κ3) is 6.99. The molecule has 6 heteroatoms. The van der Waals surface area contributed by atoms with E-state index in [4.69, 9.17) is 0 Å². The van der Waals surface area contributed by atoms with Gasteiger partial charge in [0.2, 0.25) is 0 Å². The zero-order valence-electron chi connectivity index (χ0n) is 15.7. The molecule has 0 aliphatic heterocycles. The number of carbonyl (C=O) groups is 2. The minimum absolute atomic E-state index is 0.175. The van der Waals surface area contributed by atoms with E-state index in [-0.39, 0.29) is 39.5 Å². The second kappa shape index (κ2) is 11.5. The molecule has 0 spiro atoms. The molecule has 0 saturated carbocycles. The molecule has 1 aromatic rings. The molecule has 1 rings (SSSR count). The van der Waals surface area contributed by atoms with E-state index in [1.165, 1.54) is 0 Å². The van der Waals surface area contributed by atoms with Gasteiger partial charge in [-0.1, -0.05) is 0 Å². The van der Waals surface area contributed by atoms with Crippen molar-refractivity contribution in [1.29, 1.82) is 0 Å². The number of nitrogens with zero attached hydrogens (tertiary/aromatic N) is 2. The van der Waals surface area contributed by atoms with Crippen LogP contribution in [0, 0.1) is 6.92 Å². The van der Waals surface area contributed by atoms with E-state index in [1.807, 2.05) is 67.6 Å². The van der Waals surface area contributed by atoms with Gasteiger partial charge in [0.1, 0.15) is 0 Å². The standard InChI is InChI=1S/C19H28N2O2Se2/c1-6-20(7-2)18(22)24-14-17(16-12-10-11-15(5)13-16)25-19(23)21(8-3)9-4/h10-14H,6-9H2,1-5H3/b17-14+. The molecule has 4 nitrogen and oxygen atoms in total. The first-order valence-corrected chi connectivity index (χ1v) is 12.2. The van der Waals surface area contributed by atoms with E-state index in [1.54, 1.807) is 0 Å². The Balaban J connectivity index is 3.05. The van der Waals surface area contributed by atoms with Crippen molar-refractivity contribution in [1.82, 2.24) is 9.80 Å². The predicted molar refractivity (Wildman–Crippen MR) is 107 cm³/mol. The van der Waals surface area contributed by atoms with E-state index in [0.717, 1.165) is 41.8 Å². The molecule has 0 atom stereocenters. The molecule has 0 aromatic heterocycles. The summed E-state index contributed by atoms with van der Waals surface area (Å²) in [5.74, 6) is 0. The SMILES string of the molecule is CCN(CC)C(=O)[Se]/C=C(/[Se]C(=O)N(CC)CC)c1cccc(C)c1. The number of carbonyl (C=O) groups excluding carboxylic acids is 2. The molecule has 0 radical (unpaired) electrons. The van der Waals surface area contributed by atoms with Crippen LogP contribution in [0.1, 0.15) is 38.8 Å². The molecular formula is C19H28N2O2Se2. The summed E-state index contributed by atoms with van der Waals surface area (Å²) in [6.07, 6.45) is 0. The summed E-state index contributed by atoms with van der Waals surface area (Å²) in [7, 11) is 0. The molecule has 0 saturated heterocycles. The Bertz CT molecular complexity index is 609. The molecule has 0 aliphatic rings. The van der Waals surface area contributed by atoms with Crippen molar-refractivity contribution in [2.24, 2.45) is 0 Å². The Morgan fingerprint density at radius 1 is 0.960 bits per heavy atom. The molecular weight excluding hydrogens is 446 g/mol. The van der Waals surface area contributed by atoms with Gasteiger partial charge in [0.15, 0.2) is 0 Å². The van der Waals surface area contributed by atoms with Crippen LogP contribution in [0.2, 0.25) is 0 Å². The number of hydrogen-bond donors (Lipinski definition) is 0. The van der Waals surface area contributed by atoms with E-state index in [2.05, 4.69) is 6.07 Å². The second-order valence-corrected chi connectivity index (χ2v) is 9.25. The second-order valence-electron chi connectivity index (χ2n) is 5.45. The number of aryl methyl sites for hydroxylation is 1. The van der Waals surface area contributed by atoms with E-state index in [0.29, 0.717) is 0 Å². The fraction of sp³-hybridized carbons (Fsp3) is 0.474. The quantitative estimate of drug-likeness (QED) is 0.513. The molecule has 0 aliphatic carbocycles. The van der Waals surface area contributed by atoms with Gasteiger partial charge in [-0.2, -0.15) is 0 Å². The van der Waals surface area contributed by atoms with Crippen LogP contribution < -0.4 is 0 Å². The summed E-state index contributed by atoms with van der Waals surface area (Å²) in [6.45, 7) is 13.0. The third-order valence-corrected chi connectivity index (χ3v) is 8.38. The molecule has 1 aromatic carbocycles. The molecule has 0 fully saturated rings. The molecule has 25 heavy (non-hydrogen) atoms. The van der Waals surface area contributed by atoms with Gasteiger partial charge in [0.05, 0.1) is 0 Å². The summed E-state index contributed by atoms with van der Waals surface area (Å²) in [6, 6.07) is 8.19. The van der Waals surface area contributed by atoms with Gasteiger partial charge >= 0.3 is 165 Å². The van der Waals surface area contributed by atoms with Crippen LogP contribution in [0.25, 0.3) is 4.47 Å². The Kier molecular flexibility index (Phi) is 10.1. The van der Waals surface area contributed by atoms with Crippen molar-refractivity contribution in [2.75, 3.05) is 26.2 Å². The molecule has 0 bridgehead atoms. The zero-order valence-corrected chi connectivity index (χ0v) is 19.2. The van der Waals surface area contributed by atoms with Gasteiger partial charge in [-0.05, 0) is 0 Å². The van der Waals surface area contributed by atoms with Gasteiger partial charge < -0.3 is 0 Å². The topological polar surface area (TPSA) is 40.6 Å². The fourth-order valence-electron chi connectivity index (χ4n) is 2.25. The van der Waals surface area contributed by atoms with Crippen LogP contribution >= 0.6 is 0 Å². The molecule has 138 valence electrons. The van der Waals surface area contributed by atoms with Crippen LogP contribution in [-0.4, -0.2) is 75.5 Å². The Morgan fingerprint density at radius 2 is 1.52 bits per heavy atom. The van der Waals surface area contributed by atoms with Crippen LogP contribution in [0.15, 0.2) is 29.2 Å². The van der Waals surface area contributed by atoms with Gasteiger partial charge in [-0.3, -0.25) is 0 Å². The van der Waals surface area contributed by atoms with E-state index in [9.17, 15) is 9.59 Å². The number of rotatable bonds is 9. The van der Waals surface area contributed by atoms with Crippen LogP contribution in [0.3, 0.4) is 0 Å². The average molecular weight is 474 g/mol. The Labute approximate surface area is 164 Å². The summed E-state index contributed by atoms with van der Waals surface area (Å²) < 4.78 is 1.02. The zero-order chi connectivity index (χ0) is 18.8. The maximum absolute atomic E-state index is 12.6. The van der Waals surface area contributed by atoms with Crippen molar-refractivity contribution < 1.29 is 9.59 Å². The van der Waals surface area contributed by atoms with Gasteiger partial charge in [-0.15, -0.1) is 0 Å². The van der Waals surface area contributed by atoms with Crippen molar-refractivity contribution >= 4 is 44.0 Å². The summed E-state index contributed by atoms with van der Waals surface area (Å²) in [4.78, 5) is 31.0. The number of hydrogen-bond acceptors (Lipinski definition) is 2. The maximum atomic E-state index is 12.6. The van der Waals surface area contributed by atoms with Crippen molar-refractivity contribution in [3.63, 3.8) is 0 Å². The van der Waals surface area contributed by atoms with Crippen LogP contribution in [0.5, 0.6) is 0 Å². The molecule has 0 heterocycles. The summed E-state index contributed by atoms with van der Waals surface area (Å²) in [5, 5.41) is 0. The molecule has 0 N–H and O–H groups in total. The number of amides is 2.